The summed E-state index contributed by atoms with van der Waals surface area (Å²) in [6, 6.07) is 5.80. The van der Waals surface area contributed by atoms with Crippen molar-refractivity contribution in [2.24, 2.45) is 5.92 Å². The maximum Gasteiger partial charge on any atom is 0.326 e. The van der Waals surface area contributed by atoms with E-state index >= 15 is 0 Å². The SMILES string of the molecule is CC(=O)N[C@@H](Cc1ccccc1)C(=O)N[C@H](C(=O)N[C@@H](CC(C)C)C(=O)N[C@@H](CC(=O)O)C(=O)N[C@@H](C)C(=O)N[C@@H](CC(=O)O)C(=O)N[C@@H](Cc1ccccc1)C(=O)O)[C@@H](C)O. The van der Waals surface area contributed by atoms with Crippen molar-refractivity contribution in [2.45, 2.75) is 115 Å². The number of aliphatic carboxylic acids is 3. The number of carbonyl (C=O) groups is 10. The van der Waals surface area contributed by atoms with Gasteiger partial charge in [0.1, 0.15) is 42.3 Å². The molecule has 0 aromatic heterocycles. The quantitative estimate of drug-likeness (QED) is 0.0534. The molecule has 0 spiro atoms. The zero-order valence-electron chi connectivity index (χ0n) is 34.9. The number of aliphatic hydroxyl groups is 1. The summed E-state index contributed by atoms with van der Waals surface area (Å²) in [4.78, 5) is 127. The highest BCUT2D eigenvalue weighted by Crippen LogP contribution is 2.10. The number of carbonyl (C=O) groups excluding carboxylic acids is 7. The summed E-state index contributed by atoms with van der Waals surface area (Å²) >= 11 is 0. The zero-order chi connectivity index (χ0) is 46.7. The van der Waals surface area contributed by atoms with E-state index in [4.69, 9.17) is 0 Å². The number of hydrogen-bond acceptors (Lipinski definition) is 11. The Labute approximate surface area is 357 Å². The van der Waals surface area contributed by atoms with Gasteiger partial charge >= 0.3 is 17.9 Å². The second-order valence-electron chi connectivity index (χ2n) is 15.0. The van der Waals surface area contributed by atoms with Crippen LogP contribution < -0.4 is 37.2 Å². The van der Waals surface area contributed by atoms with Crippen LogP contribution in [0.25, 0.3) is 0 Å². The van der Waals surface area contributed by atoms with Gasteiger partial charge in [-0.2, -0.15) is 0 Å². The number of amides is 7. The first-order valence-electron chi connectivity index (χ1n) is 19.6. The van der Waals surface area contributed by atoms with Crippen LogP contribution in [-0.2, 0) is 60.8 Å². The van der Waals surface area contributed by atoms with Gasteiger partial charge in [-0.05, 0) is 37.3 Å². The van der Waals surface area contributed by atoms with Crippen LogP contribution in [0.2, 0.25) is 0 Å². The first kappa shape index (κ1) is 51.2. The first-order chi connectivity index (χ1) is 29.1. The molecule has 7 amide bonds. The van der Waals surface area contributed by atoms with Crippen LogP contribution in [-0.4, -0.2) is 128 Å². The Balaban J connectivity index is 2.21. The number of carboxylic acid groups (broad SMARTS) is 3. The predicted octanol–water partition coefficient (Wildman–Crippen LogP) is -1.63. The highest BCUT2D eigenvalue weighted by Gasteiger charge is 2.35. The summed E-state index contributed by atoms with van der Waals surface area (Å²) in [5.41, 5.74) is 1.22. The van der Waals surface area contributed by atoms with E-state index in [-0.39, 0.29) is 25.2 Å². The largest absolute Gasteiger partial charge is 0.481 e. The van der Waals surface area contributed by atoms with Crippen LogP contribution in [0.4, 0.5) is 0 Å². The average Bonchev–Trinajstić information content (AvgIpc) is 3.18. The van der Waals surface area contributed by atoms with Crippen molar-refractivity contribution in [2.75, 3.05) is 0 Å². The van der Waals surface area contributed by atoms with E-state index < -0.39 is 120 Å². The fraction of sp³-hybridized carbons (Fsp3) is 0.463. The highest BCUT2D eigenvalue weighted by molar-refractivity contribution is 5.98. The summed E-state index contributed by atoms with van der Waals surface area (Å²) in [7, 11) is 0. The molecular formula is C41H55N7O14. The molecule has 0 radical (unpaired) electrons. The van der Waals surface area contributed by atoms with Crippen molar-refractivity contribution in [1.29, 1.82) is 0 Å². The minimum atomic E-state index is -1.86. The Morgan fingerprint density at radius 3 is 1.32 bits per heavy atom. The predicted molar refractivity (Wildman–Crippen MR) is 218 cm³/mol. The normalized spacial score (nSPS) is 14.8. The number of hydrogen-bond donors (Lipinski definition) is 11. The molecule has 0 aliphatic carbocycles. The second-order valence-corrected chi connectivity index (χ2v) is 15.0. The van der Waals surface area contributed by atoms with Crippen LogP contribution in [0, 0.1) is 5.92 Å². The Morgan fingerprint density at radius 2 is 0.887 bits per heavy atom. The number of rotatable bonds is 25. The minimum absolute atomic E-state index is 0.0345. The van der Waals surface area contributed by atoms with Crippen LogP contribution in [0.15, 0.2) is 60.7 Å². The van der Waals surface area contributed by atoms with Crippen molar-refractivity contribution < 1.29 is 68.4 Å². The summed E-state index contributed by atoms with van der Waals surface area (Å²) in [5, 5.41) is 55.3. The summed E-state index contributed by atoms with van der Waals surface area (Å²) < 4.78 is 0. The topological polar surface area (TPSA) is 336 Å². The van der Waals surface area contributed by atoms with Gasteiger partial charge in [-0.15, -0.1) is 0 Å². The maximum absolute atomic E-state index is 13.6. The number of carboxylic acids is 3. The molecule has 338 valence electrons. The molecular weight excluding hydrogens is 814 g/mol. The molecule has 0 saturated carbocycles. The third kappa shape index (κ3) is 18.2. The van der Waals surface area contributed by atoms with E-state index in [1.54, 1.807) is 74.5 Å². The summed E-state index contributed by atoms with van der Waals surface area (Å²) in [6.45, 7) is 6.88. The second kappa shape index (κ2) is 25.0. The van der Waals surface area contributed by atoms with Crippen molar-refractivity contribution in [3.05, 3.63) is 71.8 Å². The molecule has 0 bridgehead atoms. The van der Waals surface area contributed by atoms with Crippen LogP contribution in [0.3, 0.4) is 0 Å². The highest BCUT2D eigenvalue weighted by atomic mass is 16.4. The molecule has 21 heteroatoms. The van der Waals surface area contributed by atoms with Gasteiger partial charge in [0, 0.05) is 19.8 Å². The van der Waals surface area contributed by atoms with Crippen molar-refractivity contribution in [1.82, 2.24) is 37.2 Å². The van der Waals surface area contributed by atoms with E-state index in [1.165, 1.54) is 13.8 Å². The van der Waals surface area contributed by atoms with Gasteiger partial charge in [0.25, 0.3) is 0 Å². The Morgan fingerprint density at radius 1 is 0.484 bits per heavy atom. The van der Waals surface area contributed by atoms with Gasteiger partial charge in [0.15, 0.2) is 0 Å². The standard InChI is InChI=1S/C41H55N7O14/c1-21(2)16-27(46-40(60)34(23(4)49)48-39(59)28(43-24(5)50)17-25-12-8-6-9-13-25)37(57)45-29(19-32(51)52)36(56)42-22(3)35(55)44-30(20-33(53)54)38(58)47-31(41(61)62)18-26-14-10-7-11-15-26/h6-15,21-23,27-31,34,49H,16-20H2,1-5H3,(H,42,56)(H,43,50)(H,44,55)(H,45,57)(H,46,60)(H,47,58)(H,48,59)(H,51,52)(H,53,54)(H,61,62)/t22-,23+,27-,28-,29-,30-,31-,34-/m0/s1. The van der Waals surface area contributed by atoms with Crippen molar-refractivity contribution in [3.63, 3.8) is 0 Å². The van der Waals surface area contributed by atoms with Gasteiger partial charge in [-0.3, -0.25) is 43.2 Å². The number of benzene rings is 2. The molecule has 8 atom stereocenters. The maximum atomic E-state index is 13.6. The van der Waals surface area contributed by atoms with Crippen molar-refractivity contribution >= 4 is 59.3 Å². The van der Waals surface area contributed by atoms with Gasteiger partial charge in [-0.25, -0.2) is 4.79 Å². The fourth-order valence-corrected chi connectivity index (χ4v) is 5.97. The zero-order valence-corrected chi connectivity index (χ0v) is 34.9. The van der Waals surface area contributed by atoms with E-state index in [2.05, 4.69) is 37.2 Å². The molecule has 21 nitrogen and oxygen atoms in total. The minimum Gasteiger partial charge on any atom is -0.481 e. The number of nitrogens with one attached hydrogen (secondary N) is 7. The molecule has 2 aromatic carbocycles. The van der Waals surface area contributed by atoms with Crippen LogP contribution in [0.1, 0.15) is 65.0 Å². The van der Waals surface area contributed by atoms with Gasteiger partial charge < -0.3 is 57.6 Å². The number of aliphatic hydroxyl groups excluding tert-OH is 1. The molecule has 0 aliphatic heterocycles. The molecule has 0 heterocycles. The van der Waals surface area contributed by atoms with Gasteiger partial charge in [-0.1, -0.05) is 74.5 Å². The fourth-order valence-electron chi connectivity index (χ4n) is 5.97. The molecule has 0 saturated heterocycles. The van der Waals surface area contributed by atoms with Crippen LogP contribution in [0.5, 0.6) is 0 Å². The molecule has 0 unspecified atom stereocenters. The van der Waals surface area contributed by atoms with E-state index in [0.29, 0.717) is 11.1 Å². The monoisotopic (exact) mass is 869 g/mol. The third-order valence-electron chi connectivity index (χ3n) is 9.05. The van der Waals surface area contributed by atoms with E-state index in [0.717, 1.165) is 6.92 Å². The average molecular weight is 870 g/mol. The van der Waals surface area contributed by atoms with E-state index in [9.17, 15) is 68.4 Å². The summed E-state index contributed by atoms with van der Waals surface area (Å²) in [5.74, 6) is -11.8. The third-order valence-corrected chi connectivity index (χ3v) is 9.05. The van der Waals surface area contributed by atoms with Crippen molar-refractivity contribution in [3.8, 4) is 0 Å². The Bertz CT molecular complexity index is 1910. The molecule has 2 rings (SSSR count). The Kier molecular flexibility index (Phi) is 20.7. The molecule has 0 aliphatic rings. The Hall–Kier alpha value is -6.90. The lowest BCUT2D eigenvalue weighted by molar-refractivity contribution is -0.143. The van der Waals surface area contributed by atoms with Gasteiger partial charge in [0.05, 0.1) is 18.9 Å². The van der Waals surface area contributed by atoms with E-state index in [1.807, 2.05) is 0 Å². The lowest BCUT2D eigenvalue weighted by Crippen LogP contribution is -2.61. The first-order valence-corrected chi connectivity index (χ1v) is 19.6. The lowest BCUT2D eigenvalue weighted by atomic mass is 10.0. The smallest absolute Gasteiger partial charge is 0.326 e. The molecule has 11 N–H and O–H groups in total. The summed E-state index contributed by atoms with van der Waals surface area (Å²) in [6.07, 6.45) is -3.75. The van der Waals surface area contributed by atoms with Crippen LogP contribution >= 0.6 is 0 Å². The lowest BCUT2D eigenvalue weighted by Gasteiger charge is -2.28. The molecule has 62 heavy (non-hydrogen) atoms. The molecule has 2 aromatic rings. The van der Waals surface area contributed by atoms with Gasteiger partial charge in [0.2, 0.25) is 41.4 Å². The molecule has 0 fully saturated rings.